The molecule has 3 aromatic rings. The van der Waals surface area contributed by atoms with Gasteiger partial charge in [-0.1, -0.05) is 6.92 Å². The highest BCUT2D eigenvalue weighted by Gasteiger charge is 2.32. The van der Waals surface area contributed by atoms with Gasteiger partial charge in [0.05, 0.1) is 18.0 Å². The Bertz CT molecular complexity index is 1200. The van der Waals surface area contributed by atoms with Crippen LogP contribution in [-0.2, 0) is 9.53 Å². The zero-order valence-corrected chi connectivity index (χ0v) is 18.0. The molecule has 1 aromatic heterocycles. The molecule has 0 bridgehead atoms. The molecule has 0 aliphatic rings. The number of esters is 1. The minimum atomic E-state index is -4.88. The summed E-state index contributed by atoms with van der Waals surface area (Å²) < 4.78 is 62.3. The predicted octanol–water partition coefficient (Wildman–Crippen LogP) is 5.44. The number of phenolic OH excluding ortho intramolecular Hbond substituents is 1. The van der Waals surface area contributed by atoms with Gasteiger partial charge in [0, 0.05) is 16.6 Å². The van der Waals surface area contributed by atoms with Gasteiger partial charge in [-0.25, -0.2) is 4.39 Å². The van der Waals surface area contributed by atoms with E-state index in [1.54, 1.807) is 0 Å². The average Bonchev–Trinajstić information content (AvgIpc) is 3.05. The molecule has 1 heterocycles. The zero-order valence-electron chi connectivity index (χ0n) is 18.0. The minimum absolute atomic E-state index is 0.00534. The molecule has 0 amide bonds. The van der Waals surface area contributed by atoms with Gasteiger partial charge >= 0.3 is 12.3 Å². The smallest absolute Gasteiger partial charge is 0.505 e. The first-order chi connectivity index (χ1) is 15.5. The van der Waals surface area contributed by atoms with E-state index in [4.69, 9.17) is 4.74 Å². The molecule has 176 valence electrons. The third-order valence-corrected chi connectivity index (χ3v) is 5.11. The first-order valence-corrected chi connectivity index (χ1v) is 10.1. The van der Waals surface area contributed by atoms with Crippen LogP contribution in [0.4, 0.5) is 17.6 Å². The number of hydrogen-bond acceptors (Lipinski definition) is 5. The summed E-state index contributed by atoms with van der Waals surface area (Å²) in [6, 6.07) is 6.66. The van der Waals surface area contributed by atoms with Crippen LogP contribution in [0.25, 0.3) is 10.9 Å². The summed E-state index contributed by atoms with van der Waals surface area (Å²) in [5.41, 5.74) is 0.500. The number of rotatable bonds is 6. The standard InChI is InChI=1S/C23H21F4NO5/c1-4-11-32-22(31)12(2)18-13(3)28(16-9-10-17(29)20(24)19(16)18)21(30)14-5-7-15(8-6-14)33-23(25,26)27/h5-10,12,29H,4,11H2,1-3H3/t12-/m0/s1. The fraction of sp³-hybridized carbons (Fsp3) is 0.304. The van der Waals surface area contributed by atoms with E-state index in [1.807, 2.05) is 6.92 Å². The van der Waals surface area contributed by atoms with Crippen LogP contribution < -0.4 is 4.74 Å². The number of phenols is 1. The van der Waals surface area contributed by atoms with Crippen LogP contribution in [-0.4, -0.2) is 34.5 Å². The number of aromatic nitrogens is 1. The third kappa shape index (κ3) is 4.79. The number of benzene rings is 2. The summed E-state index contributed by atoms with van der Waals surface area (Å²) in [6.45, 7) is 4.99. The van der Waals surface area contributed by atoms with E-state index < -0.39 is 41.5 Å². The Morgan fingerprint density at radius 2 is 1.76 bits per heavy atom. The highest BCUT2D eigenvalue weighted by atomic mass is 19.4. The van der Waals surface area contributed by atoms with E-state index in [0.29, 0.717) is 6.42 Å². The maximum Gasteiger partial charge on any atom is 0.573 e. The lowest BCUT2D eigenvalue weighted by atomic mass is 9.97. The Morgan fingerprint density at radius 3 is 2.33 bits per heavy atom. The SMILES string of the molecule is CCCOC(=O)[C@@H](C)c1c(C)n(C(=O)c2ccc(OC(F)(F)F)cc2)c2ccc(O)c(F)c12. The number of carbonyl (C=O) groups is 2. The van der Waals surface area contributed by atoms with Gasteiger partial charge in [-0.05, 0) is 62.2 Å². The molecule has 3 rings (SSSR count). The average molecular weight is 467 g/mol. The first-order valence-electron chi connectivity index (χ1n) is 10.1. The Morgan fingerprint density at radius 1 is 1.12 bits per heavy atom. The van der Waals surface area contributed by atoms with Crippen LogP contribution >= 0.6 is 0 Å². The zero-order chi connectivity index (χ0) is 24.5. The molecule has 33 heavy (non-hydrogen) atoms. The van der Waals surface area contributed by atoms with Gasteiger partial charge in [-0.3, -0.25) is 14.2 Å². The molecule has 0 aliphatic carbocycles. The second-order valence-electron chi connectivity index (χ2n) is 7.39. The molecule has 0 saturated carbocycles. The highest BCUT2D eigenvalue weighted by molar-refractivity contribution is 6.05. The van der Waals surface area contributed by atoms with E-state index in [1.165, 1.54) is 19.9 Å². The third-order valence-electron chi connectivity index (χ3n) is 5.11. The van der Waals surface area contributed by atoms with Crippen molar-refractivity contribution in [3.8, 4) is 11.5 Å². The van der Waals surface area contributed by atoms with Crippen LogP contribution in [0.3, 0.4) is 0 Å². The van der Waals surface area contributed by atoms with Gasteiger partial charge in [0.1, 0.15) is 5.75 Å². The summed E-state index contributed by atoms with van der Waals surface area (Å²) in [7, 11) is 0. The number of aromatic hydroxyl groups is 1. The Balaban J connectivity index is 2.12. The molecular formula is C23H21F4NO5. The largest absolute Gasteiger partial charge is 0.573 e. The van der Waals surface area contributed by atoms with E-state index in [2.05, 4.69) is 4.74 Å². The molecule has 1 atom stereocenters. The molecule has 0 unspecified atom stereocenters. The number of carbonyl (C=O) groups excluding carboxylic acids is 2. The van der Waals surface area contributed by atoms with Gasteiger partial charge in [0.25, 0.3) is 5.91 Å². The van der Waals surface area contributed by atoms with Crippen molar-refractivity contribution in [2.24, 2.45) is 0 Å². The van der Waals surface area contributed by atoms with Crippen molar-refractivity contribution in [3.05, 3.63) is 59.0 Å². The normalized spacial score (nSPS) is 12.6. The number of nitrogens with zero attached hydrogens (tertiary/aromatic N) is 1. The topological polar surface area (TPSA) is 77.8 Å². The Hall–Kier alpha value is -3.56. The lowest BCUT2D eigenvalue weighted by Crippen LogP contribution is -2.18. The summed E-state index contributed by atoms with van der Waals surface area (Å²) in [5.74, 6) is -4.40. The van der Waals surface area contributed by atoms with Gasteiger partial charge in [0.2, 0.25) is 0 Å². The van der Waals surface area contributed by atoms with Gasteiger partial charge < -0.3 is 14.6 Å². The van der Waals surface area contributed by atoms with Crippen molar-refractivity contribution in [3.63, 3.8) is 0 Å². The summed E-state index contributed by atoms with van der Waals surface area (Å²) >= 11 is 0. The van der Waals surface area contributed by atoms with Crippen LogP contribution in [0.5, 0.6) is 11.5 Å². The van der Waals surface area contributed by atoms with E-state index in [-0.39, 0.29) is 34.3 Å². The molecule has 0 radical (unpaired) electrons. The second-order valence-corrected chi connectivity index (χ2v) is 7.39. The highest BCUT2D eigenvalue weighted by Crippen LogP contribution is 2.37. The first kappa shape index (κ1) is 24.1. The van der Waals surface area contributed by atoms with Crippen molar-refractivity contribution in [2.75, 3.05) is 6.61 Å². The van der Waals surface area contributed by atoms with Crippen LogP contribution in [0.15, 0.2) is 36.4 Å². The molecule has 0 saturated heterocycles. The van der Waals surface area contributed by atoms with Crippen molar-refractivity contribution >= 4 is 22.8 Å². The molecule has 0 spiro atoms. The van der Waals surface area contributed by atoms with Crippen LogP contribution in [0, 0.1) is 12.7 Å². The minimum Gasteiger partial charge on any atom is -0.505 e. The Labute approximate surface area is 186 Å². The molecule has 10 heteroatoms. The van der Waals surface area contributed by atoms with Gasteiger partial charge in [-0.15, -0.1) is 13.2 Å². The summed E-state index contributed by atoms with van der Waals surface area (Å²) in [6.07, 6.45) is -4.30. The maximum absolute atomic E-state index is 15.0. The van der Waals surface area contributed by atoms with Gasteiger partial charge in [-0.2, -0.15) is 0 Å². The molecular weight excluding hydrogens is 446 g/mol. The fourth-order valence-electron chi connectivity index (χ4n) is 3.64. The lowest BCUT2D eigenvalue weighted by Gasteiger charge is -2.13. The number of hydrogen-bond donors (Lipinski definition) is 1. The number of halogens is 4. The fourth-order valence-corrected chi connectivity index (χ4v) is 3.64. The summed E-state index contributed by atoms with van der Waals surface area (Å²) in [4.78, 5) is 25.7. The van der Waals surface area contributed by atoms with E-state index in [9.17, 15) is 32.3 Å². The van der Waals surface area contributed by atoms with Crippen molar-refractivity contribution in [2.45, 2.75) is 39.5 Å². The second kappa shape index (κ2) is 9.13. The van der Waals surface area contributed by atoms with E-state index >= 15 is 0 Å². The van der Waals surface area contributed by atoms with Gasteiger partial charge in [0.15, 0.2) is 11.6 Å². The number of fused-ring (bicyclic) bond motifs is 1. The maximum atomic E-state index is 15.0. The molecule has 0 aliphatic heterocycles. The number of alkyl halides is 3. The number of ether oxygens (including phenoxy) is 2. The molecule has 6 nitrogen and oxygen atoms in total. The van der Waals surface area contributed by atoms with Crippen molar-refractivity contribution < 1.29 is 41.7 Å². The Kier molecular flexibility index (Phi) is 6.66. The monoisotopic (exact) mass is 467 g/mol. The molecule has 0 fully saturated rings. The molecule has 2 aromatic carbocycles. The lowest BCUT2D eigenvalue weighted by molar-refractivity contribution is -0.274. The molecule has 1 N–H and O–H groups in total. The quantitative estimate of drug-likeness (QED) is 0.386. The van der Waals surface area contributed by atoms with Crippen LogP contribution in [0.1, 0.15) is 47.8 Å². The van der Waals surface area contributed by atoms with Crippen molar-refractivity contribution in [1.82, 2.24) is 4.57 Å². The van der Waals surface area contributed by atoms with E-state index in [0.717, 1.165) is 34.9 Å². The van der Waals surface area contributed by atoms with Crippen molar-refractivity contribution in [1.29, 1.82) is 0 Å². The summed E-state index contributed by atoms with van der Waals surface area (Å²) in [5, 5.41) is 9.78. The van der Waals surface area contributed by atoms with Crippen LogP contribution in [0.2, 0.25) is 0 Å². The predicted molar refractivity (Wildman–Crippen MR) is 111 cm³/mol.